The summed E-state index contributed by atoms with van der Waals surface area (Å²) in [6.45, 7) is 5.19. The molecule has 0 saturated heterocycles. The van der Waals surface area contributed by atoms with Crippen LogP contribution in [0, 0.1) is 13.8 Å². The molecule has 1 amide bonds. The lowest BCUT2D eigenvalue weighted by molar-refractivity contribution is -0.153. The van der Waals surface area contributed by atoms with Gasteiger partial charge in [0.25, 0.3) is 5.91 Å². The Kier molecular flexibility index (Phi) is 7.79. The molecule has 0 radical (unpaired) electrons. The van der Waals surface area contributed by atoms with Gasteiger partial charge >= 0.3 is 5.97 Å². The molecule has 6 nitrogen and oxygen atoms in total. The van der Waals surface area contributed by atoms with Gasteiger partial charge in [0.1, 0.15) is 5.75 Å². The number of anilines is 1. The summed E-state index contributed by atoms with van der Waals surface area (Å²) in [6, 6.07) is 10.4. The van der Waals surface area contributed by atoms with Gasteiger partial charge in [-0.15, -0.1) is 0 Å². The van der Waals surface area contributed by atoms with Crippen LogP contribution in [0.4, 0.5) is 5.69 Å². The predicted molar refractivity (Wildman–Crippen MR) is 112 cm³/mol. The lowest BCUT2D eigenvalue weighted by atomic mass is 10.1. The molecule has 7 heteroatoms. The Morgan fingerprint density at radius 3 is 2.34 bits per heavy atom. The topological polar surface area (TPSA) is 81.7 Å². The van der Waals surface area contributed by atoms with E-state index in [0.29, 0.717) is 22.0 Å². The summed E-state index contributed by atoms with van der Waals surface area (Å²) < 4.78 is 10.4. The Morgan fingerprint density at radius 1 is 1.07 bits per heavy atom. The van der Waals surface area contributed by atoms with Gasteiger partial charge in [-0.3, -0.25) is 14.4 Å². The van der Waals surface area contributed by atoms with E-state index in [4.69, 9.17) is 21.1 Å². The summed E-state index contributed by atoms with van der Waals surface area (Å²) in [7, 11) is 1.46. The third kappa shape index (κ3) is 6.32. The Labute approximate surface area is 175 Å². The van der Waals surface area contributed by atoms with Crippen LogP contribution < -0.4 is 10.1 Å². The zero-order chi connectivity index (χ0) is 21.6. The Morgan fingerprint density at radius 2 is 1.72 bits per heavy atom. The summed E-state index contributed by atoms with van der Waals surface area (Å²) in [5.74, 6) is -0.882. The summed E-state index contributed by atoms with van der Waals surface area (Å²) in [5.41, 5.74) is 2.78. The normalized spacial score (nSPS) is 11.5. The number of nitrogens with one attached hydrogen (secondary N) is 1. The molecule has 0 fully saturated rings. The summed E-state index contributed by atoms with van der Waals surface area (Å²) in [4.78, 5) is 36.5. The van der Waals surface area contributed by atoms with Crippen LogP contribution in [-0.2, 0) is 14.3 Å². The number of rotatable bonds is 8. The van der Waals surface area contributed by atoms with E-state index in [1.165, 1.54) is 14.0 Å². The maximum absolute atomic E-state index is 12.4. The second kappa shape index (κ2) is 10.1. The van der Waals surface area contributed by atoms with Gasteiger partial charge in [-0.2, -0.15) is 0 Å². The average molecular weight is 418 g/mol. The number of halogens is 1. The molecule has 1 N–H and O–H groups in total. The number of methoxy groups -OCH3 is 1. The third-order valence-corrected chi connectivity index (χ3v) is 4.75. The molecule has 0 saturated carbocycles. The molecule has 0 spiro atoms. The fraction of sp³-hybridized carbons (Fsp3) is 0.318. The number of carbonyl (C=O) groups is 3. The first-order valence-electron chi connectivity index (χ1n) is 9.15. The van der Waals surface area contributed by atoms with Gasteiger partial charge in [0.05, 0.1) is 19.2 Å². The number of amides is 1. The summed E-state index contributed by atoms with van der Waals surface area (Å²) in [5, 5.41) is 3.18. The second-order valence-electron chi connectivity index (χ2n) is 6.71. The lowest BCUT2D eigenvalue weighted by Crippen LogP contribution is -2.30. The molecule has 154 valence electrons. The number of carbonyl (C=O) groups excluding carboxylic acids is 3. The van der Waals surface area contributed by atoms with E-state index in [2.05, 4.69) is 5.32 Å². The van der Waals surface area contributed by atoms with Crippen molar-refractivity contribution in [3.63, 3.8) is 0 Å². The summed E-state index contributed by atoms with van der Waals surface area (Å²) in [6.07, 6.45) is -1.12. The van der Waals surface area contributed by atoms with Gasteiger partial charge in [-0.1, -0.05) is 41.4 Å². The second-order valence-corrected chi connectivity index (χ2v) is 7.12. The zero-order valence-corrected chi connectivity index (χ0v) is 17.6. The van der Waals surface area contributed by atoms with E-state index in [0.717, 1.165) is 11.1 Å². The van der Waals surface area contributed by atoms with Crippen LogP contribution in [0.5, 0.6) is 5.75 Å². The SMILES string of the molecule is COc1cc(Cl)c(C)cc1NC(=O)[C@H](C)OC(=O)CCC(=O)c1ccc(C)cc1. The van der Waals surface area contributed by atoms with Crippen LogP contribution in [0.3, 0.4) is 0 Å². The van der Waals surface area contributed by atoms with Crippen molar-refractivity contribution in [3.05, 3.63) is 58.1 Å². The molecule has 2 aromatic carbocycles. The minimum atomic E-state index is -1.03. The Hall–Kier alpha value is -2.86. The average Bonchev–Trinajstić information content (AvgIpc) is 2.69. The Bertz CT molecular complexity index is 908. The van der Waals surface area contributed by atoms with E-state index < -0.39 is 18.0 Å². The first-order valence-corrected chi connectivity index (χ1v) is 9.53. The standard InChI is InChI=1S/C22H24ClNO5/c1-13-5-7-16(8-6-13)19(25)9-10-21(26)29-15(3)22(27)24-18-11-14(2)17(23)12-20(18)28-4/h5-8,11-12,15H,9-10H2,1-4H3,(H,24,27)/t15-/m0/s1. The van der Waals surface area contributed by atoms with E-state index >= 15 is 0 Å². The number of hydrogen-bond donors (Lipinski definition) is 1. The highest BCUT2D eigenvalue weighted by molar-refractivity contribution is 6.31. The molecule has 2 aromatic rings. The highest BCUT2D eigenvalue weighted by Gasteiger charge is 2.20. The van der Waals surface area contributed by atoms with Gasteiger partial charge in [0.2, 0.25) is 0 Å². The van der Waals surface area contributed by atoms with Crippen LogP contribution in [-0.4, -0.2) is 30.9 Å². The molecule has 0 aromatic heterocycles. The van der Waals surface area contributed by atoms with E-state index in [9.17, 15) is 14.4 Å². The van der Waals surface area contributed by atoms with Crippen LogP contribution in [0.15, 0.2) is 36.4 Å². The molecular weight excluding hydrogens is 394 g/mol. The minimum Gasteiger partial charge on any atom is -0.495 e. The van der Waals surface area contributed by atoms with Crippen molar-refractivity contribution in [2.24, 2.45) is 0 Å². The largest absolute Gasteiger partial charge is 0.495 e. The molecule has 29 heavy (non-hydrogen) atoms. The minimum absolute atomic E-state index is 0.0143. The van der Waals surface area contributed by atoms with Crippen molar-refractivity contribution in [2.75, 3.05) is 12.4 Å². The Balaban J connectivity index is 1.89. The smallest absolute Gasteiger partial charge is 0.307 e. The zero-order valence-electron chi connectivity index (χ0n) is 16.9. The number of esters is 1. The number of hydrogen-bond acceptors (Lipinski definition) is 5. The number of Topliss-reactive ketones (excluding diaryl/α,β-unsaturated/α-hetero) is 1. The number of aryl methyl sites for hydroxylation is 2. The molecule has 0 aliphatic rings. The fourth-order valence-electron chi connectivity index (χ4n) is 2.57. The number of ether oxygens (including phenoxy) is 2. The molecule has 2 rings (SSSR count). The highest BCUT2D eigenvalue weighted by atomic mass is 35.5. The van der Waals surface area contributed by atoms with Crippen molar-refractivity contribution >= 4 is 34.9 Å². The van der Waals surface area contributed by atoms with Crippen molar-refractivity contribution in [2.45, 2.75) is 39.7 Å². The monoisotopic (exact) mass is 417 g/mol. The van der Waals surface area contributed by atoms with E-state index in [1.54, 1.807) is 31.2 Å². The van der Waals surface area contributed by atoms with Gasteiger partial charge in [-0.25, -0.2) is 0 Å². The molecular formula is C22H24ClNO5. The third-order valence-electron chi connectivity index (χ3n) is 4.35. The van der Waals surface area contributed by atoms with Crippen LogP contribution in [0.25, 0.3) is 0 Å². The van der Waals surface area contributed by atoms with Crippen LogP contribution >= 0.6 is 11.6 Å². The quantitative estimate of drug-likeness (QED) is 0.505. The van der Waals surface area contributed by atoms with Crippen LogP contribution in [0.1, 0.15) is 41.3 Å². The van der Waals surface area contributed by atoms with Gasteiger partial charge in [0.15, 0.2) is 11.9 Å². The lowest BCUT2D eigenvalue weighted by Gasteiger charge is -2.16. The predicted octanol–water partition coefficient (Wildman–Crippen LogP) is 4.50. The van der Waals surface area contributed by atoms with Crippen LogP contribution in [0.2, 0.25) is 5.02 Å². The van der Waals surface area contributed by atoms with Crippen molar-refractivity contribution in [3.8, 4) is 5.75 Å². The number of benzene rings is 2. The first-order chi connectivity index (χ1) is 13.7. The maximum Gasteiger partial charge on any atom is 0.307 e. The van der Waals surface area contributed by atoms with Crippen molar-refractivity contribution < 1.29 is 23.9 Å². The number of ketones is 1. The highest BCUT2D eigenvalue weighted by Crippen LogP contribution is 2.31. The molecule has 0 aliphatic heterocycles. The van der Waals surface area contributed by atoms with Crippen molar-refractivity contribution in [1.29, 1.82) is 0 Å². The molecule has 0 bridgehead atoms. The molecule has 1 atom stereocenters. The summed E-state index contributed by atoms with van der Waals surface area (Å²) >= 11 is 6.06. The molecule has 0 heterocycles. The van der Waals surface area contributed by atoms with Gasteiger partial charge < -0.3 is 14.8 Å². The van der Waals surface area contributed by atoms with Gasteiger partial charge in [-0.05, 0) is 32.4 Å². The molecule has 0 aliphatic carbocycles. The van der Waals surface area contributed by atoms with Crippen molar-refractivity contribution in [1.82, 2.24) is 0 Å². The molecule has 0 unspecified atom stereocenters. The first kappa shape index (κ1) is 22.4. The van der Waals surface area contributed by atoms with E-state index in [-0.39, 0.29) is 18.6 Å². The fourth-order valence-corrected chi connectivity index (χ4v) is 2.73. The maximum atomic E-state index is 12.4. The van der Waals surface area contributed by atoms with E-state index in [1.807, 2.05) is 19.1 Å². The van der Waals surface area contributed by atoms with Gasteiger partial charge in [0, 0.05) is 23.1 Å².